The Morgan fingerprint density at radius 1 is 1.69 bits per heavy atom. The quantitative estimate of drug-likeness (QED) is 0.741. The first-order chi connectivity index (χ1) is 6.25. The Morgan fingerprint density at radius 3 is 3.08 bits per heavy atom. The Balaban J connectivity index is 1.95. The summed E-state index contributed by atoms with van der Waals surface area (Å²) < 4.78 is 5.38. The third-order valence-corrected chi connectivity index (χ3v) is 2.64. The number of nitrogens with zero attached hydrogens (tertiary/aromatic N) is 1. The molecule has 1 atom stereocenters. The van der Waals surface area contributed by atoms with E-state index in [0.717, 1.165) is 31.8 Å². The molecule has 0 saturated carbocycles. The van der Waals surface area contributed by atoms with Gasteiger partial charge < -0.3 is 10.2 Å². The highest BCUT2D eigenvalue weighted by molar-refractivity contribution is 5.14. The van der Waals surface area contributed by atoms with E-state index >= 15 is 0 Å². The van der Waals surface area contributed by atoms with Gasteiger partial charge in [-0.3, -0.25) is 4.90 Å². The molecule has 2 N–H and O–H groups in total. The third-order valence-electron chi connectivity index (χ3n) is 2.64. The number of hydrogen-bond donors (Lipinski definition) is 1. The van der Waals surface area contributed by atoms with E-state index in [4.69, 9.17) is 10.2 Å². The van der Waals surface area contributed by atoms with Crippen molar-refractivity contribution in [3.8, 4) is 0 Å². The van der Waals surface area contributed by atoms with E-state index < -0.39 is 0 Å². The zero-order valence-corrected chi connectivity index (χ0v) is 7.99. The molecule has 1 aromatic rings. The van der Waals surface area contributed by atoms with Crippen molar-refractivity contribution in [1.82, 2.24) is 4.90 Å². The Morgan fingerprint density at radius 2 is 2.54 bits per heavy atom. The number of furan rings is 1. The summed E-state index contributed by atoms with van der Waals surface area (Å²) in [5.74, 6) is 1.08. The molecule has 0 radical (unpaired) electrons. The first kappa shape index (κ1) is 8.78. The lowest BCUT2D eigenvalue weighted by atomic mass is 10.3. The van der Waals surface area contributed by atoms with Crippen LogP contribution in [0.15, 0.2) is 16.7 Å². The van der Waals surface area contributed by atoms with E-state index in [1.807, 2.05) is 6.07 Å². The number of nitrogens with two attached hydrogens (primary N) is 1. The van der Waals surface area contributed by atoms with Gasteiger partial charge in [-0.15, -0.1) is 0 Å². The highest BCUT2D eigenvalue weighted by atomic mass is 16.3. The summed E-state index contributed by atoms with van der Waals surface area (Å²) in [5.41, 5.74) is 7.06. The molecule has 0 amide bonds. The van der Waals surface area contributed by atoms with Crippen LogP contribution in [0.3, 0.4) is 0 Å². The van der Waals surface area contributed by atoms with Crippen LogP contribution in [-0.2, 0) is 6.54 Å². The Bertz CT molecular complexity index is 282. The van der Waals surface area contributed by atoms with Crippen molar-refractivity contribution in [3.05, 3.63) is 23.7 Å². The molecule has 3 heteroatoms. The molecule has 3 nitrogen and oxygen atoms in total. The third kappa shape index (κ3) is 1.92. The standard InChI is InChI=1S/C10H16N2O/c1-8-3-5-13-10(8)7-12-4-2-9(11)6-12/h3,5,9H,2,4,6-7,11H2,1H3. The summed E-state index contributed by atoms with van der Waals surface area (Å²) in [6, 6.07) is 2.36. The van der Waals surface area contributed by atoms with Crippen LogP contribution in [0.25, 0.3) is 0 Å². The molecule has 0 aromatic carbocycles. The molecule has 72 valence electrons. The highest BCUT2D eigenvalue weighted by Crippen LogP contribution is 2.15. The van der Waals surface area contributed by atoms with Crippen LogP contribution in [0.2, 0.25) is 0 Å². The van der Waals surface area contributed by atoms with Gasteiger partial charge in [-0.05, 0) is 25.0 Å². The van der Waals surface area contributed by atoms with Crippen molar-refractivity contribution in [2.75, 3.05) is 13.1 Å². The maximum atomic E-state index is 5.82. The summed E-state index contributed by atoms with van der Waals surface area (Å²) in [6.07, 6.45) is 2.86. The second-order valence-corrected chi connectivity index (χ2v) is 3.81. The lowest BCUT2D eigenvalue weighted by molar-refractivity contribution is 0.293. The van der Waals surface area contributed by atoms with E-state index in [2.05, 4.69) is 11.8 Å². The van der Waals surface area contributed by atoms with E-state index in [-0.39, 0.29) is 0 Å². The molecule has 13 heavy (non-hydrogen) atoms. The second kappa shape index (κ2) is 3.52. The minimum Gasteiger partial charge on any atom is -0.468 e. The SMILES string of the molecule is Cc1ccoc1CN1CCC(N)C1. The van der Waals surface area contributed by atoms with Gasteiger partial charge in [-0.2, -0.15) is 0 Å². The van der Waals surface area contributed by atoms with Crippen molar-refractivity contribution in [2.45, 2.75) is 25.9 Å². The lowest BCUT2D eigenvalue weighted by Crippen LogP contribution is -2.26. The second-order valence-electron chi connectivity index (χ2n) is 3.81. The Hall–Kier alpha value is -0.800. The Labute approximate surface area is 78.5 Å². The first-order valence-corrected chi connectivity index (χ1v) is 4.76. The van der Waals surface area contributed by atoms with E-state index in [0.29, 0.717) is 6.04 Å². The van der Waals surface area contributed by atoms with Gasteiger partial charge in [0.1, 0.15) is 5.76 Å². The molecular formula is C10H16N2O. The average Bonchev–Trinajstić information content (AvgIpc) is 2.64. The van der Waals surface area contributed by atoms with Crippen molar-refractivity contribution < 1.29 is 4.42 Å². The number of likely N-dealkylation sites (tertiary alicyclic amines) is 1. The summed E-state index contributed by atoms with van der Waals surface area (Å²) >= 11 is 0. The van der Waals surface area contributed by atoms with Crippen molar-refractivity contribution in [2.24, 2.45) is 5.73 Å². The molecule has 0 bridgehead atoms. The lowest BCUT2D eigenvalue weighted by Gasteiger charge is -2.13. The molecule has 1 saturated heterocycles. The van der Waals surface area contributed by atoms with Crippen LogP contribution in [0.4, 0.5) is 0 Å². The number of rotatable bonds is 2. The predicted octanol–water partition coefficient (Wildman–Crippen LogP) is 1.12. The molecule has 0 spiro atoms. The number of hydrogen-bond acceptors (Lipinski definition) is 3. The van der Waals surface area contributed by atoms with E-state index in [1.54, 1.807) is 6.26 Å². The highest BCUT2D eigenvalue weighted by Gasteiger charge is 2.20. The predicted molar refractivity (Wildman–Crippen MR) is 51.3 cm³/mol. The molecule has 1 aliphatic heterocycles. The fourth-order valence-corrected chi connectivity index (χ4v) is 1.78. The fraction of sp³-hybridized carbons (Fsp3) is 0.600. The maximum Gasteiger partial charge on any atom is 0.120 e. The normalized spacial score (nSPS) is 24.0. The smallest absolute Gasteiger partial charge is 0.120 e. The molecule has 2 rings (SSSR count). The van der Waals surface area contributed by atoms with Gasteiger partial charge in [0.15, 0.2) is 0 Å². The van der Waals surface area contributed by atoms with Gasteiger partial charge in [-0.25, -0.2) is 0 Å². The number of aryl methyl sites for hydroxylation is 1. The summed E-state index contributed by atoms with van der Waals surface area (Å²) in [5, 5.41) is 0. The van der Waals surface area contributed by atoms with Gasteiger partial charge in [0.05, 0.1) is 12.8 Å². The minimum absolute atomic E-state index is 0.357. The van der Waals surface area contributed by atoms with Crippen LogP contribution in [0, 0.1) is 6.92 Å². The fourth-order valence-electron chi connectivity index (χ4n) is 1.78. The maximum absolute atomic E-state index is 5.82. The molecule has 1 aliphatic rings. The van der Waals surface area contributed by atoms with Crippen LogP contribution in [0.5, 0.6) is 0 Å². The van der Waals surface area contributed by atoms with Gasteiger partial charge >= 0.3 is 0 Å². The van der Waals surface area contributed by atoms with Crippen molar-refractivity contribution in [1.29, 1.82) is 0 Å². The average molecular weight is 180 g/mol. The van der Waals surface area contributed by atoms with Crippen LogP contribution < -0.4 is 5.73 Å². The summed E-state index contributed by atoms with van der Waals surface area (Å²) in [7, 11) is 0. The zero-order chi connectivity index (χ0) is 9.26. The topological polar surface area (TPSA) is 42.4 Å². The first-order valence-electron chi connectivity index (χ1n) is 4.76. The molecule has 1 unspecified atom stereocenters. The molecule has 1 fully saturated rings. The minimum atomic E-state index is 0.357. The van der Waals surface area contributed by atoms with Crippen molar-refractivity contribution in [3.63, 3.8) is 0 Å². The Kier molecular flexibility index (Phi) is 2.38. The largest absolute Gasteiger partial charge is 0.468 e. The molecule has 1 aromatic heterocycles. The summed E-state index contributed by atoms with van der Waals surface area (Å²) in [6.45, 7) is 5.09. The van der Waals surface area contributed by atoms with Gasteiger partial charge in [0, 0.05) is 19.1 Å². The van der Waals surface area contributed by atoms with Crippen LogP contribution in [0.1, 0.15) is 17.7 Å². The zero-order valence-electron chi connectivity index (χ0n) is 7.99. The molecule has 2 heterocycles. The molecular weight excluding hydrogens is 164 g/mol. The monoisotopic (exact) mass is 180 g/mol. The van der Waals surface area contributed by atoms with Crippen LogP contribution >= 0.6 is 0 Å². The molecule has 0 aliphatic carbocycles. The van der Waals surface area contributed by atoms with E-state index in [1.165, 1.54) is 5.56 Å². The van der Waals surface area contributed by atoms with Crippen molar-refractivity contribution >= 4 is 0 Å². The van der Waals surface area contributed by atoms with Gasteiger partial charge in [0.25, 0.3) is 0 Å². The van der Waals surface area contributed by atoms with Gasteiger partial charge in [-0.1, -0.05) is 0 Å². The van der Waals surface area contributed by atoms with Crippen LogP contribution in [-0.4, -0.2) is 24.0 Å². The summed E-state index contributed by atoms with van der Waals surface area (Å²) in [4.78, 5) is 2.34. The van der Waals surface area contributed by atoms with Gasteiger partial charge in [0.2, 0.25) is 0 Å². The van der Waals surface area contributed by atoms with E-state index in [9.17, 15) is 0 Å².